The number of sulfonamides is 1. The Morgan fingerprint density at radius 3 is 2.52 bits per heavy atom. The fourth-order valence-corrected chi connectivity index (χ4v) is 3.31. The van der Waals surface area contributed by atoms with Crippen LogP contribution in [0, 0.1) is 5.41 Å². The molecule has 1 heterocycles. The second-order valence-corrected chi connectivity index (χ2v) is 7.93. The molecule has 7 heteroatoms. The average Bonchev–Trinajstić information content (AvgIpc) is 2.82. The fourth-order valence-electron chi connectivity index (χ4n) is 2.12. The van der Waals surface area contributed by atoms with Gasteiger partial charge in [-0.1, -0.05) is 20.8 Å². The smallest absolute Gasteiger partial charge is 0.273 e. The molecular weight excluding hydrogens is 290 g/mol. The highest BCUT2D eigenvalue weighted by atomic mass is 32.2. The largest absolute Gasteiger partial charge is 0.447 e. The molecule has 0 saturated carbocycles. The van der Waals surface area contributed by atoms with Crippen molar-refractivity contribution < 1.29 is 12.8 Å². The van der Waals surface area contributed by atoms with Crippen LogP contribution < -0.4 is 10.0 Å². The molecule has 0 atom stereocenters. The van der Waals surface area contributed by atoms with Gasteiger partial charge < -0.3 is 14.6 Å². The van der Waals surface area contributed by atoms with Crippen LogP contribution in [0.15, 0.2) is 21.6 Å². The Morgan fingerprint density at radius 1 is 1.29 bits per heavy atom. The average molecular weight is 317 g/mol. The monoisotopic (exact) mass is 317 g/mol. The quantitative estimate of drug-likeness (QED) is 0.717. The van der Waals surface area contributed by atoms with E-state index in [1.807, 2.05) is 39.8 Å². The molecule has 2 N–H and O–H groups in total. The van der Waals surface area contributed by atoms with Crippen molar-refractivity contribution >= 4 is 10.0 Å². The van der Waals surface area contributed by atoms with Crippen LogP contribution in [0.1, 0.15) is 26.5 Å². The van der Waals surface area contributed by atoms with Crippen molar-refractivity contribution in [3.05, 3.63) is 17.9 Å². The lowest BCUT2D eigenvalue weighted by Gasteiger charge is -2.28. The van der Waals surface area contributed by atoms with Gasteiger partial charge in [0.05, 0.1) is 6.54 Å². The number of hydrogen-bond donors (Lipinski definition) is 2. The maximum absolute atomic E-state index is 12.2. The molecule has 0 aliphatic heterocycles. The van der Waals surface area contributed by atoms with Gasteiger partial charge in [-0.05, 0) is 38.2 Å². The minimum absolute atomic E-state index is 0.0314. The third kappa shape index (κ3) is 6.17. The molecule has 0 unspecified atom stereocenters. The molecule has 0 radical (unpaired) electrons. The van der Waals surface area contributed by atoms with Crippen molar-refractivity contribution in [2.75, 3.05) is 33.7 Å². The second-order valence-electron chi connectivity index (χ2n) is 6.23. The third-order valence-electron chi connectivity index (χ3n) is 2.94. The Labute approximate surface area is 127 Å². The topological polar surface area (TPSA) is 74.6 Å². The van der Waals surface area contributed by atoms with Crippen LogP contribution in [-0.2, 0) is 16.6 Å². The number of nitrogens with zero attached hydrogens (tertiary/aromatic N) is 1. The van der Waals surface area contributed by atoms with E-state index in [-0.39, 0.29) is 10.5 Å². The summed E-state index contributed by atoms with van der Waals surface area (Å²) in [7, 11) is 0.340. The molecule has 21 heavy (non-hydrogen) atoms. The zero-order valence-corrected chi connectivity index (χ0v) is 14.4. The Bertz CT molecular complexity index is 535. The number of rotatable bonds is 9. The maximum Gasteiger partial charge on any atom is 0.273 e. The number of hydrogen-bond acceptors (Lipinski definition) is 5. The van der Waals surface area contributed by atoms with Crippen molar-refractivity contribution in [3.8, 4) is 0 Å². The Balaban J connectivity index is 2.67. The van der Waals surface area contributed by atoms with Crippen molar-refractivity contribution in [3.63, 3.8) is 0 Å². The Kier molecular flexibility index (Phi) is 6.40. The predicted octanol–water partition coefficient (Wildman–Crippen LogP) is 1.26. The van der Waals surface area contributed by atoms with Gasteiger partial charge in [-0.15, -0.1) is 0 Å². The van der Waals surface area contributed by atoms with Crippen LogP contribution in [0.3, 0.4) is 0 Å². The van der Waals surface area contributed by atoms with Gasteiger partial charge in [0.25, 0.3) is 10.0 Å². The molecule has 0 spiro atoms. The highest BCUT2D eigenvalue weighted by Gasteiger charge is 2.25. The Morgan fingerprint density at radius 2 is 1.95 bits per heavy atom. The van der Waals surface area contributed by atoms with Crippen LogP contribution in [0.5, 0.6) is 0 Å². The fraction of sp³-hybridized carbons (Fsp3) is 0.714. The first-order valence-electron chi connectivity index (χ1n) is 7.10. The van der Waals surface area contributed by atoms with Crippen molar-refractivity contribution in [1.82, 2.24) is 14.9 Å². The third-order valence-corrected chi connectivity index (χ3v) is 4.21. The summed E-state index contributed by atoms with van der Waals surface area (Å²) in [5.74, 6) is 0.616. The van der Waals surface area contributed by atoms with E-state index in [4.69, 9.17) is 4.42 Å². The van der Waals surface area contributed by atoms with E-state index in [1.54, 1.807) is 6.07 Å². The summed E-state index contributed by atoms with van der Waals surface area (Å²) in [5.41, 5.74) is -0.157. The van der Waals surface area contributed by atoms with E-state index in [2.05, 4.69) is 10.0 Å². The minimum atomic E-state index is -3.60. The van der Waals surface area contributed by atoms with E-state index in [1.165, 1.54) is 6.07 Å². The molecule has 1 aromatic rings. The molecule has 0 bridgehead atoms. The molecule has 0 aromatic carbocycles. The molecule has 0 saturated heterocycles. The molecule has 6 nitrogen and oxygen atoms in total. The van der Waals surface area contributed by atoms with Crippen LogP contribution in [0.4, 0.5) is 0 Å². The van der Waals surface area contributed by atoms with Gasteiger partial charge in [0.1, 0.15) is 5.76 Å². The first kappa shape index (κ1) is 18.2. The van der Waals surface area contributed by atoms with Crippen molar-refractivity contribution in [1.29, 1.82) is 0 Å². The number of furan rings is 1. The zero-order valence-electron chi connectivity index (χ0n) is 13.6. The van der Waals surface area contributed by atoms with Crippen LogP contribution >= 0.6 is 0 Å². The maximum atomic E-state index is 12.2. The molecule has 122 valence electrons. The first-order chi connectivity index (χ1) is 9.66. The predicted molar refractivity (Wildman–Crippen MR) is 83.6 cm³/mol. The van der Waals surface area contributed by atoms with E-state index >= 15 is 0 Å². The molecule has 1 rings (SSSR count). The van der Waals surface area contributed by atoms with Crippen molar-refractivity contribution in [2.24, 2.45) is 5.41 Å². The van der Waals surface area contributed by atoms with Crippen molar-refractivity contribution in [2.45, 2.75) is 32.4 Å². The molecular formula is C14H27N3O3S. The van der Waals surface area contributed by atoms with Crippen LogP contribution in [0.25, 0.3) is 0 Å². The summed E-state index contributed by atoms with van der Waals surface area (Å²) in [6.07, 6.45) is 0. The summed E-state index contributed by atoms with van der Waals surface area (Å²) in [6, 6.07) is 3.18. The summed E-state index contributed by atoms with van der Waals surface area (Å²) in [4.78, 5) is 2.04. The zero-order chi connectivity index (χ0) is 16.1. The SMILES string of the molecule is CCNCc1ccc(S(=O)(=O)NCC(C)(C)CN(C)C)o1. The molecule has 0 amide bonds. The van der Waals surface area contributed by atoms with Gasteiger partial charge in [-0.2, -0.15) is 0 Å². The van der Waals surface area contributed by atoms with Gasteiger partial charge in [-0.25, -0.2) is 13.1 Å². The highest BCUT2D eigenvalue weighted by molar-refractivity contribution is 7.89. The lowest BCUT2D eigenvalue weighted by atomic mass is 9.93. The minimum Gasteiger partial charge on any atom is -0.447 e. The van der Waals surface area contributed by atoms with Gasteiger partial charge in [0, 0.05) is 13.1 Å². The van der Waals surface area contributed by atoms with E-state index in [0.717, 1.165) is 13.1 Å². The van der Waals surface area contributed by atoms with Gasteiger partial charge in [0.15, 0.2) is 0 Å². The van der Waals surface area contributed by atoms with E-state index < -0.39 is 10.0 Å². The van der Waals surface area contributed by atoms with E-state index in [0.29, 0.717) is 18.8 Å². The normalized spacial score (nSPS) is 13.0. The molecule has 0 aliphatic rings. The lowest BCUT2D eigenvalue weighted by Crippen LogP contribution is -2.39. The number of nitrogens with one attached hydrogen (secondary N) is 2. The molecule has 1 aromatic heterocycles. The van der Waals surface area contributed by atoms with E-state index in [9.17, 15) is 8.42 Å². The molecule has 0 aliphatic carbocycles. The van der Waals surface area contributed by atoms with Gasteiger partial charge >= 0.3 is 0 Å². The lowest BCUT2D eigenvalue weighted by molar-refractivity contribution is 0.242. The summed E-state index contributed by atoms with van der Waals surface area (Å²) in [6.45, 7) is 8.51. The standard InChI is InChI=1S/C14H27N3O3S/c1-6-15-9-12-7-8-13(20-12)21(18,19)16-10-14(2,3)11-17(4)5/h7-8,15-16H,6,9-11H2,1-5H3. The van der Waals surface area contributed by atoms with Gasteiger partial charge in [-0.3, -0.25) is 0 Å². The second kappa shape index (κ2) is 7.40. The molecule has 0 fully saturated rings. The summed E-state index contributed by atoms with van der Waals surface area (Å²) in [5, 5.41) is 3.06. The highest BCUT2D eigenvalue weighted by Crippen LogP contribution is 2.18. The Hall–Kier alpha value is -0.890. The summed E-state index contributed by atoms with van der Waals surface area (Å²) >= 11 is 0. The van der Waals surface area contributed by atoms with Crippen LogP contribution in [0.2, 0.25) is 0 Å². The first-order valence-corrected chi connectivity index (χ1v) is 8.58. The summed E-state index contributed by atoms with van der Waals surface area (Å²) < 4.78 is 32.4. The van der Waals surface area contributed by atoms with Gasteiger partial charge in [0.2, 0.25) is 5.09 Å². The van der Waals surface area contributed by atoms with Crippen LogP contribution in [-0.4, -0.2) is 47.0 Å².